The highest BCUT2D eigenvalue weighted by atomic mass is 19.1. The molecule has 0 aromatic heterocycles. The number of benzene rings is 2. The van der Waals surface area contributed by atoms with Gasteiger partial charge in [0.2, 0.25) is 5.91 Å². The van der Waals surface area contributed by atoms with Crippen LogP contribution in [0.25, 0.3) is 0 Å². The molecule has 0 bridgehead atoms. The van der Waals surface area contributed by atoms with E-state index in [1.807, 2.05) is 0 Å². The van der Waals surface area contributed by atoms with Crippen molar-refractivity contribution in [2.75, 3.05) is 5.32 Å². The summed E-state index contributed by atoms with van der Waals surface area (Å²) in [7, 11) is 0. The Morgan fingerprint density at radius 2 is 1.78 bits per heavy atom. The summed E-state index contributed by atoms with van der Waals surface area (Å²) in [6, 6.07) is 11.5. The maximum absolute atomic E-state index is 13.1. The summed E-state index contributed by atoms with van der Waals surface area (Å²) in [6.45, 7) is 0. The summed E-state index contributed by atoms with van der Waals surface area (Å²) in [4.78, 5) is 12.1. The van der Waals surface area contributed by atoms with Gasteiger partial charge in [0.05, 0.1) is 0 Å². The molecule has 0 saturated carbocycles. The number of carbonyl (C=O) groups excluding carboxylic acids is 1. The van der Waals surface area contributed by atoms with E-state index in [4.69, 9.17) is 0 Å². The summed E-state index contributed by atoms with van der Waals surface area (Å²) >= 11 is 0. The fourth-order valence-electron chi connectivity index (χ4n) is 2.35. The van der Waals surface area contributed by atoms with E-state index in [9.17, 15) is 13.6 Å². The number of hydrogen-bond donors (Lipinski definition) is 4. The van der Waals surface area contributed by atoms with E-state index in [0.29, 0.717) is 12.1 Å². The average molecular weight is 318 g/mol. The van der Waals surface area contributed by atoms with Gasteiger partial charge in [-0.3, -0.25) is 4.79 Å². The second kappa shape index (κ2) is 6.72. The lowest BCUT2D eigenvalue weighted by atomic mass is 10.1. The second-order valence-electron chi connectivity index (χ2n) is 5.27. The van der Waals surface area contributed by atoms with E-state index in [2.05, 4.69) is 21.5 Å². The molecule has 2 unspecified atom stereocenters. The first-order valence-electron chi connectivity index (χ1n) is 7.18. The SMILES string of the molecule is O=C1NC(Nc2cccc(F)c2)NNC1Cc1ccc(F)cc1. The fraction of sp³-hybridized carbons (Fsp3) is 0.188. The fourth-order valence-corrected chi connectivity index (χ4v) is 2.35. The van der Waals surface area contributed by atoms with E-state index in [0.717, 1.165) is 5.56 Å². The molecule has 1 heterocycles. The lowest BCUT2D eigenvalue weighted by Gasteiger charge is -2.32. The van der Waals surface area contributed by atoms with Gasteiger partial charge in [-0.05, 0) is 42.3 Å². The summed E-state index contributed by atoms with van der Waals surface area (Å²) < 4.78 is 26.0. The van der Waals surface area contributed by atoms with Gasteiger partial charge in [0, 0.05) is 5.69 Å². The van der Waals surface area contributed by atoms with Gasteiger partial charge in [-0.25, -0.2) is 19.6 Å². The first-order valence-corrected chi connectivity index (χ1v) is 7.18. The van der Waals surface area contributed by atoms with Crippen LogP contribution in [0.2, 0.25) is 0 Å². The molecule has 4 N–H and O–H groups in total. The van der Waals surface area contributed by atoms with Crippen molar-refractivity contribution in [2.45, 2.75) is 18.8 Å². The molecule has 1 amide bonds. The zero-order chi connectivity index (χ0) is 16.2. The number of carbonyl (C=O) groups is 1. The van der Waals surface area contributed by atoms with E-state index in [1.165, 1.54) is 24.3 Å². The van der Waals surface area contributed by atoms with E-state index in [-0.39, 0.29) is 17.5 Å². The van der Waals surface area contributed by atoms with Crippen LogP contribution in [0.5, 0.6) is 0 Å². The molecule has 5 nitrogen and oxygen atoms in total. The molecule has 0 aliphatic carbocycles. The standard InChI is InChI=1S/C16H16F2N4O/c17-11-6-4-10(5-7-11)8-14-15(23)20-16(22-21-14)19-13-3-1-2-12(18)9-13/h1-7,9,14,16,19,21-22H,8H2,(H,20,23). The smallest absolute Gasteiger partial charge is 0.241 e. The molecule has 0 spiro atoms. The summed E-state index contributed by atoms with van der Waals surface area (Å²) in [6.07, 6.45) is -0.139. The number of nitrogens with one attached hydrogen (secondary N) is 4. The van der Waals surface area contributed by atoms with Crippen molar-refractivity contribution in [1.82, 2.24) is 16.2 Å². The Labute approximate surface area is 132 Å². The molecule has 1 saturated heterocycles. The zero-order valence-electron chi connectivity index (χ0n) is 12.1. The summed E-state index contributed by atoms with van der Waals surface area (Å²) in [5.41, 5.74) is 7.20. The molecule has 1 aliphatic rings. The number of hydrazine groups is 1. The molecular weight excluding hydrogens is 302 g/mol. The predicted molar refractivity (Wildman–Crippen MR) is 82.1 cm³/mol. The number of amides is 1. The van der Waals surface area contributed by atoms with Gasteiger partial charge < -0.3 is 10.6 Å². The number of anilines is 1. The lowest BCUT2D eigenvalue weighted by Crippen LogP contribution is -2.68. The van der Waals surface area contributed by atoms with Crippen molar-refractivity contribution in [3.63, 3.8) is 0 Å². The van der Waals surface area contributed by atoms with Crippen molar-refractivity contribution in [3.05, 3.63) is 65.7 Å². The molecule has 2 aromatic carbocycles. The molecule has 23 heavy (non-hydrogen) atoms. The van der Waals surface area contributed by atoms with Crippen LogP contribution in [-0.4, -0.2) is 18.2 Å². The largest absolute Gasteiger partial charge is 0.352 e. The Morgan fingerprint density at radius 1 is 1.00 bits per heavy atom. The Hall–Kier alpha value is -2.51. The zero-order valence-corrected chi connectivity index (χ0v) is 12.1. The van der Waals surface area contributed by atoms with Crippen LogP contribution in [0.4, 0.5) is 14.5 Å². The van der Waals surface area contributed by atoms with Crippen molar-refractivity contribution < 1.29 is 13.6 Å². The van der Waals surface area contributed by atoms with Crippen molar-refractivity contribution in [1.29, 1.82) is 0 Å². The minimum Gasteiger partial charge on any atom is -0.352 e. The molecule has 2 atom stereocenters. The monoisotopic (exact) mass is 318 g/mol. The lowest BCUT2D eigenvalue weighted by molar-refractivity contribution is -0.126. The Balaban J connectivity index is 1.57. The molecule has 2 aromatic rings. The Morgan fingerprint density at radius 3 is 2.48 bits per heavy atom. The van der Waals surface area contributed by atoms with Gasteiger partial charge in [0.25, 0.3) is 0 Å². The number of rotatable bonds is 4. The van der Waals surface area contributed by atoms with Gasteiger partial charge in [0.1, 0.15) is 17.7 Å². The maximum Gasteiger partial charge on any atom is 0.241 e. The minimum atomic E-state index is -0.561. The average Bonchev–Trinajstić information content (AvgIpc) is 2.52. The molecular formula is C16H16F2N4O. The van der Waals surface area contributed by atoms with Gasteiger partial charge in [-0.2, -0.15) is 0 Å². The molecule has 3 rings (SSSR count). The first-order chi connectivity index (χ1) is 11.1. The normalized spacial score (nSPS) is 20.9. The Kier molecular flexibility index (Phi) is 4.50. The van der Waals surface area contributed by atoms with Crippen molar-refractivity contribution in [2.24, 2.45) is 0 Å². The second-order valence-corrected chi connectivity index (χ2v) is 5.27. The van der Waals surface area contributed by atoms with E-state index >= 15 is 0 Å². The minimum absolute atomic E-state index is 0.207. The molecule has 7 heteroatoms. The van der Waals surface area contributed by atoms with Gasteiger partial charge in [-0.15, -0.1) is 0 Å². The molecule has 1 fully saturated rings. The van der Waals surface area contributed by atoms with Crippen LogP contribution in [0.15, 0.2) is 48.5 Å². The van der Waals surface area contributed by atoms with Crippen molar-refractivity contribution >= 4 is 11.6 Å². The highest BCUT2D eigenvalue weighted by Gasteiger charge is 2.27. The number of halogens is 2. The third-order valence-corrected chi connectivity index (χ3v) is 3.49. The Bertz CT molecular complexity index is 693. The quantitative estimate of drug-likeness (QED) is 0.690. The maximum atomic E-state index is 13.1. The highest BCUT2D eigenvalue weighted by Crippen LogP contribution is 2.11. The van der Waals surface area contributed by atoms with Gasteiger partial charge in [0.15, 0.2) is 6.29 Å². The van der Waals surface area contributed by atoms with Crippen LogP contribution in [0, 0.1) is 11.6 Å². The summed E-state index contributed by atoms with van der Waals surface area (Å²) in [5, 5.41) is 5.69. The van der Waals surface area contributed by atoms with Crippen LogP contribution in [0.1, 0.15) is 5.56 Å². The van der Waals surface area contributed by atoms with Crippen LogP contribution in [0.3, 0.4) is 0 Å². The van der Waals surface area contributed by atoms with E-state index < -0.39 is 12.3 Å². The van der Waals surface area contributed by atoms with E-state index in [1.54, 1.807) is 24.3 Å². The van der Waals surface area contributed by atoms with Crippen molar-refractivity contribution in [3.8, 4) is 0 Å². The van der Waals surface area contributed by atoms with Gasteiger partial charge >= 0.3 is 0 Å². The third-order valence-electron chi connectivity index (χ3n) is 3.49. The third kappa shape index (κ3) is 4.02. The summed E-state index contributed by atoms with van der Waals surface area (Å²) in [5.74, 6) is -0.881. The topological polar surface area (TPSA) is 65.2 Å². The van der Waals surface area contributed by atoms with Crippen LogP contribution >= 0.6 is 0 Å². The molecule has 120 valence electrons. The highest BCUT2D eigenvalue weighted by molar-refractivity contribution is 5.83. The number of hydrogen-bond acceptors (Lipinski definition) is 4. The molecule has 1 aliphatic heterocycles. The molecule has 0 radical (unpaired) electrons. The first kappa shape index (κ1) is 15.4. The van der Waals surface area contributed by atoms with Gasteiger partial charge in [-0.1, -0.05) is 18.2 Å². The van der Waals surface area contributed by atoms with Crippen LogP contribution < -0.4 is 21.5 Å². The van der Waals surface area contributed by atoms with Crippen LogP contribution in [-0.2, 0) is 11.2 Å². The predicted octanol–water partition coefficient (Wildman–Crippen LogP) is 1.50.